The van der Waals surface area contributed by atoms with Crippen LogP contribution < -0.4 is 10.2 Å². The lowest BCUT2D eigenvalue weighted by Gasteiger charge is -2.36. The molecule has 0 aromatic carbocycles. The number of aryl methyl sites for hydroxylation is 2. The van der Waals surface area contributed by atoms with Gasteiger partial charge in [-0.15, -0.1) is 0 Å². The summed E-state index contributed by atoms with van der Waals surface area (Å²) in [6, 6.07) is 3.91. The van der Waals surface area contributed by atoms with Crippen LogP contribution >= 0.6 is 0 Å². The second kappa shape index (κ2) is 7.33. The van der Waals surface area contributed by atoms with Crippen LogP contribution in [-0.2, 0) is 6.54 Å². The molecule has 7 heteroatoms. The first-order valence-corrected chi connectivity index (χ1v) is 8.21. The number of nitrogens with zero attached hydrogens (tertiary/aromatic N) is 5. The molecular weight excluding hydrogens is 304 g/mol. The van der Waals surface area contributed by atoms with E-state index < -0.39 is 0 Å². The Kier molecular flexibility index (Phi) is 4.98. The van der Waals surface area contributed by atoms with Gasteiger partial charge in [0.15, 0.2) is 5.96 Å². The third kappa shape index (κ3) is 3.67. The summed E-state index contributed by atoms with van der Waals surface area (Å²) in [5.74, 6) is 3.61. The molecule has 24 heavy (non-hydrogen) atoms. The van der Waals surface area contributed by atoms with Crippen LogP contribution in [-0.4, -0.2) is 54.1 Å². The topological polar surface area (TPSA) is 69.8 Å². The van der Waals surface area contributed by atoms with Crippen LogP contribution in [0.2, 0.25) is 0 Å². The zero-order valence-corrected chi connectivity index (χ0v) is 14.5. The van der Waals surface area contributed by atoms with E-state index in [0.29, 0.717) is 0 Å². The quantitative estimate of drug-likeness (QED) is 0.681. The lowest BCUT2D eigenvalue weighted by Crippen LogP contribution is -2.52. The molecule has 0 bridgehead atoms. The molecule has 0 saturated carbocycles. The molecular formula is C17H24N6O. The van der Waals surface area contributed by atoms with Gasteiger partial charge < -0.3 is 19.5 Å². The number of furan rings is 1. The SMILES string of the molecule is CN=C(NCc1cc(C)oc1C)N1CCN(c2ncccn2)CC1. The van der Waals surface area contributed by atoms with Gasteiger partial charge in [-0.2, -0.15) is 0 Å². The van der Waals surface area contributed by atoms with Gasteiger partial charge in [-0.3, -0.25) is 4.99 Å². The summed E-state index contributed by atoms with van der Waals surface area (Å²) < 4.78 is 5.57. The largest absolute Gasteiger partial charge is 0.466 e. The molecule has 3 heterocycles. The third-order valence-corrected chi connectivity index (χ3v) is 4.21. The highest BCUT2D eigenvalue weighted by molar-refractivity contribution is 5.80. The van der Waals surface area contributed by atoms with Crippen molar-refractivity contribution >= 4 is 11.9 Å². The number of aliphatic imine (C=N–C) groups is 1. The van der Waals surface area contributed by atoms with E-state index >= 15 is 0 Å². The molecule has 7 nitrogen and oxygen atoms in total. The van der Waals surface area contributed by atoms with Crippen LogP contribution in [0, 0.1) is 13.8 Å². The first-order chi connectivity index (χ1) is 11.7. The first kappa shape index (κ1) is 16.3. The number of piperazine rings is 1. The lowest BCUT2D eigenvalue weighted by atomic mass is 10.2. The molecule has 0 amide bonds. The summed E-state index contributed by atoms with van der Waals surface area (Å²) in [4.78, 5) is 17.5. The molecule has 2 aromatic heterocycles. The maximum Gasteiger partial charge on any atom is 0.225 e. The van der Waals surface area contributed by atoms with Gasteiger partial charge >= 0.3 is 0 Å². The summed E-state index contributed by atoms with van der Waals surface area (Å²) in [6.07, 6.45) is 3.56. The van der Waals surface area contributed by atoms with Crippen molar-refractivity contribution < 1.29 is 4.42 Å². The predicted octanol–water partition coefficient (Wildman–Crippen LogP) is 1.58. The van der Waals surface area contributed by atoms with Gasteiger partial charge in [0.1, 0.15) is 11.5 Å². The van der Waals surface area contributed by atoms with Crippen LogP contribution in [0.4, 0.5) is 5.95 Å². The first-order valence-electron chi connectivity index (χ1n) is 8.21. The molecule has 0 aliphatic carbocycles. The maximum absolute atomic E-state index is 5.57. The van der Waals surface area contributed by atoms with E-state index in [4.69, 9.17) is 4.42 Å². The normalized spacial score (nSPS) is 15.7. The highest BCUT2D eigenvalue weighted by Crippen LogP contribution is 2.14. The van der Waals surface area contributed by atoms with E-state index in [-0.39, 0.29) is 0 Å². The van der Waals surface area contributed by atoms with Crippen molar-refractivity contribution in [1.82, 2.24) is 20.2 Å². The van der Waals surface area contributed by atoms with E-state index in [1.54, 1.807) is 12.4 Å². The van der Waals surface area contributed by atoms with Gasteiger partial charge in [0.2, 0.25) is 5.95 Å². The number of guanidine groups is 1. The molecule has 0 unspecified atom stereocenters. The van der Waals surface area contributed by atoms with Gasteiger partial charge in [-0.1, -0.05) is 0 Å². The number of hydrogen-bond donors (Lipinski definition) is 1. The fraction of sp³-hybridized carbons (Fsp3) is 0.471. The van der Waals surface area contributed by atoms with Crippen LogP contribution in [0.3, 0.4) is 0 Å². The average molecular weight is 328 g/mol. The van der Waals surface area contributed by atoms with Crippen molar-refractivity contribution in [2.45, 2.75) is 20.4 Å². The standard InChI is InChI=1S/C17H24N6O/c1-13-11-15(14(2)24-13)12-21-16(18-3)22-7-9-23(10-8-22)17-19-5-4-6-20-17/h4-6,11H,7-10,12H2,1-3H3,(H,18,21). The van der Waals surface area contributed by atoms with Crippen LogP contribution in [0.5, 0.6) is 0 Å². The zero-order valence-electron chi connectivity index (χ0n) is 14.5. The Morgan fingerprint density at radius 3 is 2.50 bits per heavy atom. The Morgan fingerprint density at radius 1 is 1.21 bits per heavy atom. The minimum absolute atomic E-state index is 0.720. The summed E-state index contributed by atoms with van der Waals surface area (Å²) in [5, 5.41) is 3.43. The lowest BCUT2D eigenvalue weighted by molar-refractivity contribution is 0.370. The minimum atomic E-state index is 0.720. The second-order valence-electron chi connectivity index (χ2n) is 5.86. The third-order valence-electron chi connectivity index (χ3n) is 4.21. The predicted molar refractivity (Wildman–Crippen MR) is 94.2 cm³/mol. The van der Waals surface area contributed by atoms with Gasteiger partial charge in [-0.05, 0) is 26.0 Å². The molecule has 2 aromatic rings. The summed E-state index contributed by atoms with van der Waals surface area (Å²) >= 11 is 0. The molecule has 1 saturated heterocycles. The van der Waals surface area contributed by atoms with Crippen molar-refractivity contribution in [3.05, 3.63) is 41.6 Å². The molecule has 3 rings (SSSR count). The van der Waals surface area contributed by atoms with Crippen LogP contribution in [0.15, 0.2) is 33.9 Å². The molecule has 128 valence electrons. The highest BCUT2D eigenvalue weighted by Gasteiger charge is 2.21. The zero-order chi connectivity index (χ0) is 16.9. The smallest absolute Gasteiger partial charge is 0.225 e. The van der Waals surface area contributed by atoms with E-state index in [0.717, 1.165) is 56.2 Å². The van der Waals surface area contributed by atoms with Crippen LogP contribution in [0.25, 0.3) is 0 Å². The Morgan fingerprint density at radius 2 is 1.92 bits per heavy atom. The second-order valence-corrected chi connectivity index (χ2v) is 5.86. The number of aromatic nitrogens is 2. The maximum atomic E-state index is 5.57. The highest BCUT2D eigenvalue weighted by atomic mass is 16.3. The number of nitrogens with one attached hydrogen (secondary N) is 1. The van der Waals surface area contributed by atoms with E-state index in [1.165, 1.54) is 5.56 Å². The molecule has 1 aliphatic heterocycles. The van der Waals surface area contributed by atoms with Crippen molar-refractivity contribution in [2.24, 2.45) is 4.99 Å². The Labute approximate surface area is 142 Å². The van der Waals surface area contributed by atoms with Crippen molar-refractivity contribution in [1.29, 1.82) is 0 Å². The Hall–Kier alpha value is -2.57. The Balaban J connectivity index is 1.55. The fourth-order valence-corrected chi connectivity index (χ4v) is 2.94. The van der Waals surface area contributed by atoms with Gasteiger partial charge in [0, 0.05) is 57.7 Å². The van der Waals surface area contributed by atoms with Crippen molar-refractivity contribution in [2.75, 3.05) is 38.1 Å². The van der Waals surface area contributed by atoms with Gasteiger partial charge in [0.25, 0.3) is 0 Å². The summed E-state index contributed by atoms with van der Waals surface area (Å²) in [7, 11) is 1.82. The van der Waals surface area contributed by atoms with E-state index in [9.17, 15) is 0 Å². The van der Waals surface area contributed by atoms with E-state index in [1.807, 2.05) is 27.0 Å². The van der Waals surface area contributed by atoms with E-state index in [2.05, 4.69) is 36.1 Å². The molecule has 1 N–H and O–H groups in total. The number of hydrogen-bond acceptors (Lipinski definition) is 5. The number of rotatable bonds is 3. The molecule has 1 fully saturated rings. The monoisotopic (exact) mass is 328 g/mol. The molecule has 0 atom stereocenters. The van der Waals surface area contributed by atoms with Gasteiger partial charge in [0.05, 0.1) is 0 Å². The molecule has 0 spiro atoms. The van der Waals surface area contributed by atoms with Crippen molar-refractivity contribution in [3.63, 3.8) is 0 Å². The summed E-state index contributed by atoms with van der Waals surface area (Å²) in [6.45, 7) is 8.23. The number of anilines is 1. The molecule has 1 aliphatic rings. The minimum Gasteiger partial charge on any atom is -0.466 e. The summed E-state index contributed by atoms with van der Waals surface area (Å²) in [5.41, 5.74) is 1.17. The van der Waals surface area contributed by atoms with Crippen molar-refractivity contribution in [3.8, 4) is 0 Å². The fourth-order valence-electron chi connectivity index (χ4n) is 2.94. The van der Waals surface area contributed by atoms with Crippen LogP contribution in [0.1, 0.15) is 17.1 Å². The Bertz CT molecular complexity index is 688. The van der Waals surface area contributed by atoms with Gasteiger partial charge in [-0.25, -0.2) is 9.97 Å². The average Bonchev–Trinajstić information content (AvgIpc) is 2.94. The molecule has 0 radical (unpaired) electrons.